The van der Waals surface area contributed by atoms with E-state index in [1.165, 1.54) is 51.4 Å². The largest absolute Gasteiger partial charge is 0.472 e. The van der Waals surface area contributed by atoms with Gasteiger partial charge >= 0.3 is 25.7 Å². The molecular weight excluding hydrogens is 880 g/mol. The van der Waals surface area contributed by atoms with Gasteiger partial charge in [-0.1, -0.05) is 184 Å². The molecule has 0 aromatic heterocycles. The van der Waals surface area contributed by atoms with Crippen LogP contribution in [0.25, 0.3) is 0 Å². The molecule has 0 bridgehead atoms. The Hall–Kier alpha value is -2.82. The van der Waals surface area contributed by atoms with Crippen molar-refractivity contribution < 1.29 is 52.2 Å². The lowest BCUT2D eigenvalue weighted by Gasteiger charge is -2.21. The normalized spacial score (nSPS) is 13.9. The van der Waals surface area contributed by atoms with Crippen LogP contribution in [0.15, 0.2) is 60.8 Å². The molecule has 0 aliphatic rings. The third-order valence-corrected chi connectivity index (χ3v) is 12.3. The number of unbranched alkanes of at least 4 members (excludes halogenated alkanes) is 23. The minimum atomic E-state index is -4.75. The van der Waals surface area contributed by atoms with Crippen molar-refractivity contribution in [1.29, 1.82) is 0 Å². The van der Waals surface area contributed by atoms with Crippen molar-refractivity contribution in [3.8, 4) is 0 Å². The number of allylic oxidation sites excluding steroid dienone is 10. The maximum Gasteiger partial charge on any atom is 0.472 e. The zero-order chi connectivity index (χ0) is 49.9. The Labute approximate surface area is 415 Å². The van der Waals surface area contributed by atoms with Crippen LogP contribution in [0.2, 0.25) is 0 Å². The van der Waals surface area contributed by atoms with Gasteiger partial charge in [0.25, 0.3) is 0 Å². The van der Waals surface area contributed by atoms with Gasteiger partial charge in [0, 0.05) is 19.3 Å². The van der Waals surface area contributed by atoms with Crippen LogP contribution in [0.1, 0.15) is 239 Å². The highest BCUT2D eigenvalue weighted by atomic mass is 31.2. The van der Waals surface area contributed by atoms with Crippen LogP contribution < -0.4 is 0 Å². The maximum atomic E-state index is 12.9. The third-order valence-electron chi connectivity index (χ3n) is 11.4. The van der Waals surface area contributed by atoms with Crippen molar-refractivity contribution in [1.82, 2.24) is 0 Å². The quantitative estimate of drug-likeness (QED) is 0.0197. The van der Waals surface area contributed by atoms with Crippen LogP contribution in [0, 0.1) is 0 Å². The zero-order valence-electron chi connectivity index (χ0n) is 43.3. The van der Waals surface area contributed by atoms with E-state index in [-0.39, 0.29) is 25.9 Å². The van der Waals surface area contributed by atoms with Crippen molar-refractivity contribution in [3.63, 3.8) is 0 Å². The first-order valence-electron chi connectivity index (χ1n) is 27.2. The van der Waals surface area contributed by atoms with E-state index in [1.54, 1.807) is 0 Å². The summed E-state index contributed by atoms with van der Waals surface area (Å²) in [5, 5.41) is 9.77. The Morgan fingerprint density at radius 3 is 1.24 bits per heavy atom. The smallest absolute Gasteiger partial charge is 0.462 e. The van der Waals surface area contributed by atoms with Crippen LogP contribution in [0.4, 0.5) is 0 Å². The van der Waals surface area contributed by atoms with Crippen molar-refractivity contribution >= 4 is 25.7 Å². The predicted molar refractivity (Wildman–Crippen MR) is 279 cm³/mol. The molecular formula is C56H99O11P. The SMILES string of the molecule is CC/C=C\C/C=C\C/C=C\CCCCCCCCCC(=O)OCC(COP(=O)(O)OCC(CO)OC(=O)CCCCCCC/C=C\CCCC)OC(=O)CCCCCCC/C=C\CCCCCC. The number of phosphoric ester groups is 1. The van der Waals surface area contributed by atoms with E-state index in [2.05, 4.69) is 81.5 Å². The summed E-state index contributed by atoms with van der Waals surface area (Å²) in [4.78, 5) is 48.4. The van der Waals surface area contributed by atoms with E-state index in [1.807, 2.05) is 0 Å². The lowest BCUT2D eigenvalue weighted by molar-refractivity contribution is -0.161. The summed E-state index contributed by atoms with van der Waals surface area (Å²) < 4.78 is 39.4. The van der Waals surface area contributed by atoms with Crippen LogP contribution in [0.5, 0.6) is 0 Å². The molecule has 3 unspecified atom stereocenters. The van der Waals surface area contributed by atoms with Gasteiger partial charge in [0.2, 0.25) is 0 Å². The molecule has 0 aliphatic carbocycles. The van der Waals surface area contributed by atoms with E-state index >= 15 is 0 Å². The van der Waals surface area contributed by atoms with Gasteiger partial charge in [-0.05, 0) is 96.3 Å². The highest BCUT2D eigenvalue weighted by Gasteiger charge is 2.28. The summed E-state index contributed by atoms with van der Waals surface area (Å²) in [6, 6.07) is 0. The Morgan fingerprint density at radius 2 is 0.779 bits per heavy atom. The number of esters is 3. The van der Waals surface area contributed by atoms with Crippen LogP contribution in [0.3, 0.4) is 0 Å². The third kappa shape index (κ3) is 48.2. The Balaban J connectivity index is 4.75. The van der Waals surface area contributed by atoms with Gasteiger partial charge in [0.1, 0.15) is 12.7 Å². The minimum Gasteiger partial charge on any atom is -0.462 e. The standard InChI is InChI=1S/C56H99O11P/c1-4-7-10-13-16-19-22-24-25-26-27-29-31-33-36-39-42-45-54(58)63-49-53(67-56(60)47-44-41-38-35-32-28-23-20-17-14-11-8-5-2)51-65-68(61,62)64-50-52(48-57)66-55(59)46-43-40-37-34-30-21-18-15-12-9-6-3/h7,10,15-16,18-20,23-25,52-53,57H,4-6,8-9,11-14,17,21-22,26-51H2,1-3H3,(H,61,62)/b10-7-,18-15-,19-16-,23-20-,25-24-. The summed E-state index contributed by atoms with van der Waals surface area (Å²) in [6.45, 7) is 4.45. The summed E-state index contributed by atoms with van der Waals surface area (Å²) in [6.07, 6.45) is 53.3. The van der Waals surface area contributed by atoms with Gasteiger partial charge in [-0.3, -0.25) is 23.4 Å². The topological polar surface area (TPSA) is 155 Å². The lowest BCUT2D eigenvalue weighted by atomic mass is 10.1. The summed E-state index contributed by atoms with van der Waals surface area (Å²) >= 11 is 0. The Morgan fingerprint density at radius 1 is 0.426 bits per heavy atom. The number of rotatable bonds is 50. The summed E-state index contributed by atoms with van der Waals surface area (Å²) in [5.74, 6) is -1.49. The second-order valence-electron chi connectivity index (χ2n) is 18.0. The number of aliphatic hydroxyl groups is 1. The first-order chi connectivity index (χ1) is 33.2. The Bertz CT molecular complexity index is 1370. The van der Waals surface area contributed by atoms with Crippen molar-refractivity contribution in [3.05, 3.63) is 60.8 Å². The fourth-order valence-corrected chi connectivity index (χ4v) is 8.01. The maximum absolute atomic E-state index is 12.9. The molecule has 0 radical (unpaired) electrons. The van der Waals surface area contributed by atoms with Gasteiger partial charge < -0.3 is 24.2 Å². The molecule has 0 aromatic carbocycles. The molecule has 0 heterocycles. The molecule has 12 heteroatoms. The van der Waals surface area contributed by atoms with E-state index in [9.17, 15) is 28.9 Å². The van der Waals surface area contributed by atoms with Gasteiger partial charge in [0.05, 0.1) is 19.8 Å². The van der Waals surface area contributed by atoms with Gasteiger partial charge in [-0.25, -0.2) is 4.57 Å². The summed E-state index contributed by atoms with van der Waals surface area (Å²) in [7, 11) is -4.75. The number of carbonyl (C=O) groups excluding carboxylic acids is 3. The average Bonchev–Trinajstić information content (AvgIpc) is 3.32. The molecule has 0 saturated carbocycles. The number of aliphatic hydroxyl groups excluding tert-OH is 1. The highest BCUT2D eigenvalue weighted by Crippen LogP contribution is 2.43. The van der Waals surface area contributed by atoms with Gasteiger partial charge in [0.15, 0.2) is 6.10 Å². The molecule has 0 spiro atoms. The average molecular weight is 979 g/mol. The molecule has 11 nitrogen and oxygen atoms in total. The monoisotopic (exact) mass is 979 g/mol. The van der Waals surface area contributed by atoms with Crippen molar-refractivity contribution in [2.24, 2.45) is 0 Å². The Kier molecular flexibility index (Phi) is 48.5. The van der Waals surface area contributed by atoms with Gasteiger partial charge in [-0.15, -0.1) is 0 Å². The highest BCUT2D eigenvalue weighted by molar-refractivity contribution is 7.47. The van der Waals surface area contributed by atoms with E-state index < -0.39 is 57.8 Å². The molecule has 0 aliphatic heterocycles. The second-order valence-corrected chi connectivity index (χ2v) is 19.5. The number of phosphoric acid groups is 1. The van der Waals surface area contributed by atoms with Crippen LogP contribution in [-0.2, 0) is 42.2 Å². The fraction of sp³-hybridized carbons (Fsp3) is 0.768. The zero-order valence-corrected chi connectivity index (χ0v) is 44.2. The molecule has 0 fully saturated rings. The predicted octanol–water partition coefficient (Wildman–Crippen LogP) is 15.6. The molecule has 2 N–H and O–H groups in total. The van der Waals surface area contributed by atoms with Crippen LogP contribution in [-0.4, -0.2) is 66.5 Å². The summed E-state index contributed by atoms with van der Waals surface area (Å²) in [5.41, 5.74) is 0. The first kappa shape index (κ1) is 65.2. The number of hydrogen-bond acceptors (Lipinski definition) is 10. The van der Waals surface area contributed by atoms with E-state index in [4.69, 9.17) is 23.3 Å². The molecule has 0 amide bonds. The first-order valence-corrected chi connectivity index (χ1v) is 28.7. The van der Waals surface area contributed by atoms with E-state index in [0.29, 0.717) is 19.3 Å². The second kappa shape index (κ2) is 50.6. The number of ether oxygens (including phenoxy) is 3. The number of hydrogen-bond donors (Lipinski definition) is 2. The minimum absolute atomic E-state index is 0.154. The van der Waals surface area contributed by atoms with Gasteiger partial charge in [-0.2, -0.15) is 0 Å². The molecule has 68 heavy (non-hydrogen) atoms. The fourth-order valence-electron chi connectivity index (χ4n) is 7.23. The van der Waals surface area contributed by atoms with E-state index in [0.717, 1.165) is 128 Å². The van der Waals surface area contributed by atoms with Crippen LogP contribution >= 0.6 is 7.82 Å². The molecule has 0 rings (SSSR count). The number of carbonyl (C=O) groups is 3. The molecule has 394 valence electrons. The molecule has 0 saturated heterocycles. The van der Waals surface area contributed by atoms with Crippen molar-refractivity contribution in [2.75, 3.05) is 26.4 Å². The molecule has 3 atom stereocenters. The molecule has 0 aromatic rings. The lowest BCUT2D eigenvalue weighted by Crippen LogP contribution is -2.30. The van der Waals surface area contributed by atoms with Crippen molar-refractivity contribution in [2.45, 2.75) is 251 Å².